The summed E-state index contributed by atoms with van der Waals surface area (Å²) in [5, 5.41) is 14.8. The van der Waals surface area contributed by atoms with E-state index in [1.54, 1.807) is 7.05 Å². The first-order valence-corrected chi connectivity index (χ1v) is 3.90. The smallest absolute Gasteiger partial charge is 0.300 e. The molecular formula is C7H17N3O5. The summed E-state index contributed by atoms with van der Waals surface area (Å²) in [4.78, 5) is 23.0. The number of carboxylic acids is 1. The summed E-state index contributed by atoms with van der Waals surface area (Å²) in [6.45, 7) is 1.08. The van der Waals surface area contributed by atoms with Gasteiger partial charge in [-0.15, -0.1) is 0 Å². The Hall–Kier alpha value is -1.54. The fraction of sp³-hybridized carbons (Fsp3) is 0.714. The van der Waals surface area contributed by atoms with Crippen molar-refractivity contribution in [3.05, 3.63) is 0 Å². The number of carboxylic acid groups (broad SMARTS) is 1. The van der Waals surface area contributed by atoms with Gasteiger partial charge in [-0.05, 0) is 5.16 Å². The molecule has 0 saturated carbocycles. The van der Waals surface area contributed by atoms with Crippen LogP contribution in [0.2, 0.25) is 0 Å². The topological polar surface area (TPSA) is 92.6 Å². The van der Waals surface area contributed by atoms with Gasteiger partial charge in [-0.3, -0.25) is 4.79 Å². The Morgan fingerprint density at radius 1 is 1.33 bits per heavy atom. The van der Waals surface area contributed by atoms with Crippen LogP contribution in [-0.4, -0.2) is 50.6 Å². The van der Waals surface area contributed by atoms with E-state index in [1.807, 2.05) is 0 Å². The van der Waals surface area contributed by atoms with E-state index in [2.05, 4.69) is 15.3 Å². The van der Waals surface area contributed by atoms with Gasteiger partial charge in [0.05, 0.1) is 14.2 Å². The quantitative estimate of drug-likeness (QED) is 0.383. The lowest BCUT2D eigenvalue weighted by Crippen LogP contribution is -2.38. The first-order chi connectivity index (χ1) is 7.03. The number of hydroxylamine groups is 2. The second kappa shape index (κ2) is 10.5. The second-order valence-electron chi connectivity index (χ2n) is 1.99. The number of guanidine groups is 1. The van der Waals surface area contributed by atoms with Crippen LogP contribution in [0.25, 0.3) is 0 Å². The van der Waals surface area contributed by atoms with Crippen molar-refractivity contribution in [2.45, 2.75) is 6.92 Å². The number of aliphatic carboxylic acids is 1. The lowest BCUT2D eigenvalue weighted by atomic mass is 10.9. The first kappa shape index (κ1) is 15.9. The van der Waals surface area contributed by atoms with E-state index in [0.29, 0.717) is 5.96 Å². The fourth-order valence-electron chi connectivity index (χ4n) is 0.504. The molecule has 0 spiro atoms. The van der Waals surface area contributed by atoms with E-state index in [0.717, 1.165) is 12.2 Å². The molecule has 0 aromatic carbocycles. The molecule has 8 nitrogen and oxygen atoms in total. The van der Waals surface area contributed by atoms with Gasteiger partial charge in [0, 0.05) is 14.0 Å². The third-order valence-electron chi connectivity index (χ3n) is 0.906. The lowest BCUT2D eigenvalue weighted by Gasteiger charge is -2.17. The highest BCUT2D eigenvalue weighted by Crippen LogP contribution is 1.89. The molecule has 0 bridgehead atoms. The molecular weight excluding hydrogens is 206 g/mol. The van der Waals surface area contributed by atoms with Crippen LogP contribution < -0.4 is 5.32 Å². The SMILES string of the molecule is CC(=O)O.CNC(=NOC)N(OC)OC. The van der Waals surface area contributed by atoms with Crippen molar-refractivity contribution in [1.29, 1.82) is 0 Å². The maximum atomic E-state index is 9.00. The third kappa shape index (κ3) is 10.4. The Morgan fingerprint density at radius 2 is 1.73 bits per heavy atom. The highest BCUT2D eigenvalue weighted by Gasteiger charge is 2.07. The Balaban J connectivity index is 0. The van der Waals surface area contributed by atoms with E-state index in [1.165, 1.54) is 21.3 Å². The van der Waals surface area contributed by atoms with E-state index < -0.39 is 5.97 Å². The fourth-order valence-corrected chi connectivity index (χ4v) is 0.504. The number of rotatable bonds is 3. The van der Waals surface area contributed by atoms with Crippen molar-refractivity contribution in [3.8, 4) is 0 Å². The van der Waals surface area contributed by atoms with Crippen LogP contribution in [0, 0.1) is 0 Å². The van der Waals surface area contributed by atoms with Crippen LogP contribution >= 0.6 is 0 Å². The normalized spacial score (nSPS) is 9.80. The second-order valence-corrected chi connectivity index (χ2v) is 1.99. The van der Waals surface area contributed by atoms with E-state index >= 15 is 0 Å². The summed E-state index contributed by atoms with van der Waals surface area (Å²) in [5.41, 5.74) is 0. The molecule has 0 saturated heterocycles. The molecule has 0 aromatic heterocycles. The molecule has 0 aliphatic carbocycles. The summed E-state index contributed by atoms with van der Waals surface area (Å²) >= 11 is 0. The van der Waals surface area contributed by atoms with Gasteiger partial charge in [0.1, 0.15) is 7.11 Å². The number of hydrogen-bond donors (Lipinski definition) is 2. The molecule has 0 aromatic rings. The van der Waals surface area contributed by atoms with Gasteiger partial charge in [0.25, 0.3) is 11.9 Å². The van der Waals surface area contributed by atoms with Crippen molar-refractivity contribution in [2.75, 3.05) is 28.4 Å². The average molecular weight is 223 g/mol. The summed E-state index contributed by atoms with van der Waals surface area (Å²) in [6, 6.07) is 0. The van der Waals surface area contributed by atoms with Gasteiger partial charge in [-0.25, -0.2) is 9.68 Å². The van der Waals surface area contributed by atoms with Crippen molar-refractivity contribution < 1.29 is 24.4 Å². The maximum Gasteiger partial charge on any atom is 0.300 e. The maximum absolute atomic E-state index is 9.00. The molecule has 0 unspecified atom stereocenters. The van der Waals surface area contributed by atoms with Crippen LogP contribution in [0.1, 0.15) is 6.92 Å². The number of nitrogens with one attached hydrogen (secondary N) is 1. The summed E-state index contributed by atoms with van der Waals surface area (Å²) < 4.78 is 0. The average Bonchev–Trinajstić information content (AvgIpc) is 2.17. The van der Waals surface area contributed by atoms with Crippen LogP contribution in [0.4, 0.5) is 0 Å². The summed E-state index contributed by atoms with van der Waals surface area (Å²) in [7, 11) is 6.00. The Morgan fingerprint density at radius 3 is 1.93 bits per heavy atom. The van der Waals surface area contributed by atoms with E-state index in [9.17, 15) is 0 Å². The molecule has 0 atom stereocenters. The molecule has 0 amide bonds. The Labute approximate surface area is 88.3 Å². The third-order valence-corrected chi connectivity index (χ3v) is 0.906. The molecule has 0 aliphatic rings. The van der Waals surface area contributed by atoms with Crippen LogP contribution in [0.5, 0.6) is 0 Å². The van der Waals surface area contributed by atoms with Crippen molar-refractivity contribution in [2.24, 2.45) is 5.16 Å². The van der Waals surface area contributed by atoms with Crippen LogP contribution in [0.15, 0.2) is 5.16 Å². The lowest BCUT2D eigenvalue weighted by molar-refractivity contribution is -0.290. The zero-order chi connectivity index (χ0) is 12.3. The molecule has 15 heavy (non-hydrogen) atoms. The van der Waals surface area contributed by atoms with Crippen LogP contribution in [-0.2, 0) is 19.3 Å². The van der Waals surface area contributed by atoms with Crippen molar-refractivity contribution >= 4 is 11.9 Å². The largest absolute Gasteiger partial charge is 0.481 e. The number of nitrogens with zero attached hydrogens (tertiary/aromatic N) is 2. The van der Waals surface area contributed by atoms with Gasteiger partial charge < -0.3 is 15.3 Å². The predicted octanol–water partition coefficient (Wildman–Crippen LogP) is -0.361. The van der Waals surface area contributed by atoms with Gasteiger partial charge >= 0.3 is 0 Å². The molecule has 0 aliphatic heterocycles. The minimum absolute atomic E-state index is 0.331. The highest BCUT2D eigenvalue weighted by atomic mass is 16.9. The van der Waals surface area contributed by atoms with E-state index in [-0.39, 0.29) is 0 Å². The molecule has 0 fully saturated rings. The minimum Gasteiger partial charge on any atom is -0.481 e. The number of carbonyl (C=O) groups is 1. The monoisotopic (exact) mass is 223 g/mol. The molecule has 90 valence electrons. The summed E-state index contributed by atoms with van der Waals surface area (Å²) in [5.74, 6) is -0.502. The standard InChI is InChI=1S/C5H13N3O3.C2H4O2/c1-6-5(7-9-2)8(10-3)11-4;1-2(3)4/h1-4H3,(H,6,7);1H3,(H,3,4). The molecule has 0 heterocycles. The van der Waals surface area contributed by atoms with Crippen molar-refractivity contribution in [1.82, 2.24) is 10.5 Å². The van der Waals surface area contributed by atoms with E-state index in [4.69, 9.17) is 19.6 Å². The minimum atomic E-state index is -0.833. The highest BCUT2D eigenvalue weighted by molar-refractivity contribution is 5.76. The molecule has 2 N–H and O–H groups in total. The Kier molecular flexibility index (Phi) is 11.2. The summed E-state index contributed by atoms with van der Waals surface area (Å²) in [6.07, 6.45) is 0. The van der Waals surface area contributed by atoms with Crippen LogP contribution in [0.3, 0.4) is 0 Å². The number of oxime groups is 1. The molecule has 0 radical (unpaired) electrons. The first-order valence-electron chi connectivity index (χ1n) is 3.90. The van der Waals surface area contributed by atoms with Crippen molar-refractivity contribution in [3.63, 3.8) is 0 Å². The zero-order valence-electron chi connectivity index (χ0n) is 9.47. The zero-order valence-corrected chi connectivity index (χ0v) is 9.47. The Bertz CT molecular complexity index is 189. The number of hydrogen-bond acceptors (Lipinski definition) is 5. The molecule has 0 rings (SSSR count). The van der Waals surface area contributed by atoms with Gasteiger partial charge in [0.2, 0.25) is 0 Å². The molecule has 8 heteroatoms. The van der Waals surface area contributed by atoms with Gasteiger partial charge in [0.15, 0.2) is 0 Å². The predicted molar refractivity (Wildman–Crippen MR) is 52.7 cm³/mol. The van der Waals surface area contributed by atoms with Gasteiger partial charge in [-0.1, -0.05) is 5.23 Å². The van der Waals surface area contributed by atoms with Gasteiger partial charge in [-0.2, -0.15) is 0 Å².